The molecular formula is C13H15N2OS2. The summed E-state index contributed by atoms with van der Waals surface area (Å²) in [6, 6.07) is 4.15. The molecule has 5 heteroatoms. The molecule has 0 amide bonds. The van der Waals surface area contributed by atoms with E-state index in [1.54, 1.807) is 22.7 Å². The van der Waals surface area contributed by atoms with Gasteiger partial charge in [0.15, 0.2) is 5.84 Å². The summed E-state index contributed by atoms with van der Waals surface area (Å²) in [6.07, 6.45) is 0. The number of fused-ring (bicyclic) bond motifs is 1. The van der Waals surface area contributed by atoms with Crippen LogP contribution in [0.15, 0.2) is 22.5 Å². The molecule has 2 aromatic rings. The van der Waals surface area contributed by atoms with E-state index in [9.17, 15) is 5.21 Å². The summed E-state index contributed by atoms with van der Waals surface area (Å²) in [5, 5.41) is 16.8. The first-order valence-corrected chi connectivity index (χ1v) is 7.57. The average molecular weight is 279 g/mol. The molecule has 0 atom stereocenters. The van der Waals surface area contributed by atoms with Gasteiger partial charge in [0.25, 0.3) is 0 Å². The van der Waals surface area contributed by atoms with Crippen molar-refractivity contribution in [2.75, 3.05) is 0 Å². The van der Waals surface area contributed by atoms with E-state index < -0.39 is 5.54 Å². The number of hydrogen-bond donors (Lipinski definition) is 0. The van der Waals surface area contributed by atoms with Gasteiger partial charge in [-0.25, -0.2) is 0 Å². The number of rotatable bonds is 1. The van der Waals surface area contributed by atoms with Gasteiger partial charge in [-0.15, -0.1) is 22.7 Å². The predicted molar refractivity (Wildman–Crippen MR) is 76.9 cm³/mol. The van der Waals surface area contributed by atoms with Crippen molar-refractivity contribution in [1.82, 2.24) is 5.06 Å². The highest BCUT2D eigenvalue weighted by atomic mass is 32.2. The number of aliphatic imine (C=N–C) groups is 1. The van der Waals surface area contributed by atoms with Crippen LogP contribution in [-0.2, 0) is 5.21 Å². The van der Waals surface area contributed by atoms with Crippen molar-refractivity contribution in [3.8, 4) is 0 Å². The summed E-state index contributed by atoms with van der Waals surface area (Å²) in [6.45, 7) is 7.93. The third-order valence-electron chi connectivity index (χ3n) is 3.95. The Labute approximate surface area is 114 Å². The minimum absolute atomic E-state index is 0.360. The van der Waals surface area contributed by atoms with Crippen molar-refractivity contribution in [2.45, 2.75) is 38.8 Å². The van der Waals surface area contributed by atoms with Crippen LogP contribution < -0.4 is 0 Å². The molecule has 0 N–H and O–H groups in total. The van der Waals surface area contributed by atoms with Crippen LogP contribution >= 0.6 is 22.7 Å². The fraction of sp³-hybridized carbons (Fsp3) is 0.462. The zero-order valence-electron chi connectivity index (χ0n) is 10.9. The number of hydroxylamine groups is 2. The lowest BCUT2D eigenvalue weighted by atomic mass is 9.84. The molecule has 1 aliphatic rings. The Morgan fingerprint density at radius 3 is 2.56 bits per heavy atom. The lowest BCUT2D eigenvalue weighted by Crippen LogP contribution is -2.50. The van der Waals surface area contributed by atoms with Crippen LogP contribution in [0.1, 0.15) is 32.6 Å². The van der Waals surface area contributed by atoms with Crippen LogP contribution in [0.4, 0.5) is 0 Å². The van der Waals surface area contributed by atoms with Crippen LogP contribution in [0, 0.1) is 0 Å². The zero-order valence-corrected chi connectivity index (χ0v) is 12.5. The Morgan fingerprint density at radius 2 is 2.00 bits per heavy atom. The Kier molecular flexibility index (Phi) is 2.40. The summed E-state index contributed by atoms with van der Waals surface area (Å²) in [5.41, 5.74) is -0.860. The third-order valence-corrected chi connectivity index (χ3v) is 6.15. The first kappa shape index (κ1) is 12.1. The number of amidine groups is 1. The second-order valence-electron chi connectivity index (χ2n) is 5.62. The summed E-state index contributed by atoms with van der Waals surface area (Å²) in [7, 11) is 0. The van der Waals surface area contributed by atoms with Crippen molar-refractivity contribution >= 4 is 37.9 Å². The molecule has 0 aliphatic carbocycles. The summed E-state index contributed by atoms with van der Waals surface area (Å²) >= 11 is 3.36. The molecule has 2 aromatic heterocycles. The van der Waals surface area contributed by atoms with Crippen LogP contribution in [0.2, 0.25) is 0 Å². The molecule has 3 nitrogen and oxygen atoms in total. The second kappa shape index (κ2) is 3.56. The van der Waals surface area contributed by atoms with E-state index in [4.69, 9.17) is 0 Å². The molecule has 1 aliphatic heterocycles. The first-order valence-electron chi connectivity index (χ1n) is 5.87. The van der Waals surface area contributed by atoms with Crippen LogP contribution in [0.25, 0.3) is 9.40 Å². The van der Waals surface area contributed by atoms with Crippen LogP contribution in [0.3, 0.4) is 0 Å². The third kappa shape index (κ3) is 1.47. The number of thiophene rings is 2. The van der Waals surface area contributed by atoms with Crippen molar-refractivity contribution in [2.24, 2.45) is 4.99 Å². The van der Waals surface area contributed by atoms with Crippen molar-refractivity contribution in [1.29, 1.82) is 0 Å². The minimum Gasteiger partial charge on any atom is -0.257 e. The first-order chi connectivity index (χ1) is 8.33. The van der Waals surface area contributed by atoms with Gasteiger partial charge in [-0.05, 0) is 45.2 Å². The van der Waals surface area contributed by atoms with E-state index in [-0.39, 0.29) is 5.54 Å². The molecule has 95 valence electrons. The maximum Gasteiger partial charge on any atom is 0.169 e. The average Bonchev–Trinajstić information content (AvgIpc) is 2.87. The fourth-order valence-electron chi connectivity index (χ4n) is 1.99. The maximum absolute atomic E-state index is 12.4. The normalized spacial score (nSPS) is 21.6. The highest BCUT2D eigenvalue weighted by Crippen LogP contribution is 2.40. The van der Waals surface area contributed by atoms with Gasteiger partial charge in [0.2, 0.25) is 0 Å². The van der Waals surface area contributed by atoms with Gasteiger partial charge in [-0.3, -0.25) is 4.99 Å². The molecule has 0 fully saturated rings. The van der Waals surface area contributed by atoms with Gasteiger partial charge in [0, 0.05) is 5.39 Å². The molecule has 3 rings (SSSR count). The Hall–Kier alpha value is -0.910. The van der Waals surface area contributed by atoms with Crippen molar-refractivity contribution < 1.29 is 5.21 Å². The molecule has 0 saturated heterocycles. The molecule has 0 bridgehead atoms. The van der Waals surface area contributed by atoms with E-state index in [1.165, 1.54) is 9.40 Å². The standard InChI is InChI=1S/C13H15N2OS2/c1-12(2)13(3,4)15(16)10(14-12)9-7-8-5-6-17-11(8)18-9/h5-7H,1-4H3. The highest BCUT2D eigenvalue weighted by molar-refractivity contribution is 7.38. The maximum atomic E-state index is 12.4. The highest BCUT2D eigenvalue weighted by Gasteiger charge is 2.50. The topological polar surface area (TPSA) is 35.5 Å². The van der Waals surface area contributed by atoms with E-state index in [1.807, 2.05) is 27.7 Å². The van der Waals surface area contributed by atoms with Crippen molar-refractivity contribution in [3.05, 3.63) is 22.4 Å². The molecule has 18 heavy (non-hydrogen) atoms. The summed E-state index contributed by atoms with van der Waals surface area (Å²) < 4.78 is 1.25. The largest absolute Gasteiger partial charge is 0.257 e. The lowest BCUT2D eigenvalue weighted by molar-refractivity contribution is -0.158. The fourth-order valence-corrected chi connectivity index (χ4v) is 4.07. The predicted octanol–water partition coefficient (Wildman–Crippen LogP) is 3.93. The number of nitrogens with zero attached hydrogens (tertiary/aromatic N) is 2. The summed E-state index contributed by atoms with van der Waals surface area (Å²) in [4.78, 5) is 5.62. The molecule has 1 radical (unpaired) electrons. The van der Waals surface area contributed by atoms with E-state index in [0.717, 1.165) is 9.94 Å². The van der Waals surface area contributed by atoms with Crippen LogP contribution in [0.5, 0.6) is 0 Å². The molecule has 0 aromatic carbocycles. The van der Waals surface area contributed by atoms with E-state index in [2.05, 4.69) is 22.5 Å². The SMILES string of the molecule is CC1(C)N=C(c2cc3ccsc3s2)N([O])C1(C)C. The second-order valence-corrected chi connectivity index (χ2v) is 7.85. The van der Waals surface area contributed by atoms with Gasteiger partial charge in [-0.2, -0.15) is 5.06 Å². The van der Waals surface area contributed by atoms with Crippen LogP contribution in [-0.4, -0.2) is 22.0 Å². The molecule has 0 saturated carbocycles. The molecule has 0 unspecified atom stereocenters. The quantitative estimate of drug-likeness (QED) is 0.779. The summed E-state index contributed by atoms with van der Waals surface area (Å²) in [5.74, 6) is 0.582. The molecule has 0 spiro atoms. The van der Waals surface area contributed by atoms with E-state index in [0.29, 0.717) is 5.84 Å². The van der Waals surface area contributed by atoms with Gasteiger partial charge >= 0.3 is 0 Å². The Balaban J connectivity index is 2.10. The zero-order chi connectivity index (χ0) is 13.1. The molecule has 3 heterocycles. The van der Waals surface area contributed by atoms with E-state index >= 15 is 0 Å². The Morgan fingerprint density at radius 1 is 1.28 bits per heavy atom. The van der Waals surface area contributed by atoms with Gasteiger partial charge in [0.05, 0.1) is 20.0 Å². The minimum atomic E-state index is -0.500. The monoisotopic (exact) mass is 279 g/mol. The smallest absolute Gasteiger partial charge is 0.169 e. The Bertz CT molecular complexity index is 608. The molecular weight excluding hydrogens is 264 g/mol. The lowest BCUT2D eigenvalue weighted by Gasteiger charge is -2.35. The number of hydrogen-bond acceptors (Lipinski definition) is 4. The van der Waals surface area contributed by atoms with Crippen molar-refractivity contribution in [3.63, 3.8) is 0 Å². The van der Waals surface area contributed by atoms with Gasteiger partial charge in [0.1, 0.15) is 0 Å². The van der Waals surface area contributed by atoms with Gasteiger partial charge < -0.3 is 0 Å². The van der Waals surface area contributed by atoms with Gasteiger partial charge in [-0.1, -0.05) is 5.21 Å².